The lowest BCUT2D eigenvalue weighted by atomic mass is 9.99. The Bertz CT molecular complexity index is 3040. The fraction of sp³-hybridized carbons (Fsp3) is 0. The first-order chi connectivity index (χ1) is 22.1. The maximum atomic E-state index is 14.0. The van der Waals surface area contributed by atoms with Crippen molar-refractivity contribution < 1.29 is 0 Å². The molecule has 0 radical (unpaired) electrons. The second kappa shape index (κ2) is 8.42. The first-order valence-electron chi connectivity index (χ1n) is 14.8. The molecular formula is C39H21N3O3. The van der Waals surface area contributed by atoms with E-state index in [4.69, 9.17) is 0 Å². The fourth-order valence-corrected chi connectivity index (χ4v) is 7.48. The number of rotatable bonds is 2. The third-order valence-corrected chi connectivity index (χ3v) is 9.38. The highest BCUT2D eigenvalue weighted by Gasteiger charge is 2.27. The van der Waals surface area contributed by atoms with Crippen LogP contribution in [0.4, 0.5) is 0 Å². The normalized spacial score (nSPS) is 12.3. The SMILES string of the molecule is O=c1c2ccccc2c2cc(-n3c4ccccc4c4cc(-c5ccccc5)ccc43)c3c4ccccc4c(=O)n4c(=O)n1c2c34. The standard InChI is InChI=1S/C39H21N3O3/c43-37-27-15-6-4-12-24(27)30-21-33(34-26-14-5-7-16-28(26)38(44)42-36(34)35(30)41(37)39(42)45)40-31-17-9-8-13-25(31)29-20-23(18-19-32(29)40)22-10-2-1-3-11-22/h1-21H. The molecule has 6 aromatic carbocycles. The molecule has 210 valence electrons. The van der Waals surface area contributed by atoms with E-state index < -0.39 is 16.8 Å². The third-order valence-electron chi connectivity index (χ3n) is 9.38. The lowest BCUT2D eigenvalue weighted by Gasteiger charge is -2.16. The summed E-state index contributed by atoms with van der Waals surface area (Å²) in [4.78, 5) is 41.8. The molecule has 0 bridgehead atoms. The van der Waals surface area contributed by atoms with Crippen LogP contribution in [0.3, 0.4) is 0 Å². The molecule has 0 aliphatic rings. The van der Waals surface area contributed by atoms with Gasteiger partial charge in [-0.2, -0.15) is 0 Å². The molecule has 0 N–H and O–H groups in total. The van der Waals surface area contributed by atoms with Gasteiger partial charge in [0.1, 0.15) is 0 Å². The van der Waals surface area contributed by atoms with Crippen LogP contribution >= 0.6 is 0 Å². The van der Waals surface area contributed by atoms with E-state index in [1.165, 1.54) is 8.80 Å². The van der Waals surface area contributed by atoms with Crippen molar-refractivity contribution >= 4 is 65.2 Å². The number of hydrogen-bond donors (Lipinski definition) is 0. The van der Waals surface area contributed by atoms with Crippen LogP contribution in [0.2, 0.25) is 0 Å². The van der Waals surface area contributed by atoms with Gasteiger partial charge in [-0.15, -0.1) is 0 Å². The van der Waals surface area contributed by atoms with Gasteiger partial charge < -0.3 is 4.57 Å². The maximum Gasteiger partial charge on any atom is 0.343 e. The minimum absolute atomic E-state index is 0.422. The lowest BCUT2D eigenvalue weighted by molar-refractivity contribution is 0.958. The summed E-state index contributed by atoms with van der Waals surface area (Å²) in [6, 6.07) is 42.0. The number of imidazole rings is 1. The summed E-state index contributed by atoms with van der Waals surface area (Å²) in [5, 5.41) is 6.02. The van der Waals surface area contributed by atoms with E-state index in [-0.39, 0.29) is 0 Å². The van der Waals surface area contributed by atoms with Crippen LogP contribution in [0.5, 0.6) is 0 Å². The summed E-state index contributed by atoms with van der Waals surface area (Å²) in [7, 11) is 0. The molecule has 4 heterocycles. The monoisotopic (exact) mass is 579 g/mol. The number of hydrogen-bond acceptors (Lipinski definition) is 3. The minimum Gasteiger partial charge on any atom is -0.309 e. The smallest absolute Gasteiger partial charge is 0.309 e. The number of aromatic nitrogens is 3. The molecule has 0 spiro atoms. The quantitative estimate of drug-likeness (QED) is 0.201. The summed E-state index contributed by atoms with van der Waals surface area (Å²) in [5.41, 5.74) is 4.54. The van der Waals surface area contributed by atoms with Crippen molar-refractivity contribution in [1.29, 1.82) is 0 Å². The van der Waals surface area contributed by atoms with Crippen molar-refractivity contribution in [3.63, 3.8) is 0 Å². The molecule has 4 aromatic heterocycles. The van der Waals surface area contributed by atoms with Crippen LogP contribution in [-0.2, 0) is 0 Å². The molecule has 0 amide bonds. The second-order valence-electron chi connectivity index (χ2n) is 11.6. The maximum absolute atomic E-state index is 14.0. The van der Waals surface area contributed by atoms with Gasteiger partial charge in [-0.1, -0.05) is 91.0 Å². The van der Waals surface area contributed by atoms with Gasteiger partial charge in [-0.05, 0) is 58.3 Å². The van der Waals surface area contributed by atoms with Gasteiger partial charge >= 0.3 is 5.69 Å². The number of benzene rings is 6. The van der Waals surface area contributed by atoms with Crippen LogP contribution in [0.25, 0.3) is 82.0 Å². The third kappa shape index (κ3) is 2.95. The highest BCUT2D eigenvalue weighted by atomic mass is 16.2. The predicted octanol–water partition coefficient (Wildman–Crippen LogP) is 7.37. The Morgan fingerprint density at radius 1 is 0.400 bits per heavy atom. The van der Waals surface area contributed by atoms with E-state index in [1.807, 2.05) is 54.6 Å². The minimum atomic E-state index is -0.640. The molecule has 0 fully saturated rings. The van der Waals surface area contributed by atoms with E-state index in [0.717, 1.165) is 60.2 Å². The van der Waals surface area contributed by atoms with Gasteiger partial charge in [0.25, 0.3) is 11.1 Å². The molecule has 0 aliphatic heterocycles. The van der Waals surface area contributed by atoms with Crippen LogP contribution in [0.15, 0.2) is 142 Å². The average molecular weight is 580 g/mol. The van der Waals surface area contributed by atoms with E-state index in [2.05, 4.69) is 53.1 Å². The van der Waals surface area contributed by atoms with Crippen LogP contribution < -0.4 is 16.8 Å². The second-order valence-corrected chi connectivity index (χ2v) is 11.6. The van der Waals surface area contributed by atoms with Crippen LogP contribution in [0.1, 0.15) is 0 Å². The van der Waals surface area contributed by atoms with E-state index in [1.54, 1.807) is 24.3 Å². The summed E-state index contributed by atoms with van der Waals surface area (Å²) >= 11 is 0. The molecule has 10 aromatic rings. The summed E-state index contributed by atoms with van der Waals surface area (Å²) < 4.78 is 4.62. The van der Waals surface area contributed by atoms with Gasteiger partial charge in [0.05, 0.1) is 27.8 Å². The topological polar surface area (TPSA) is 65.0 Å². The molecule has 0 unspecified atom stereocenters. The fourth-order valence-electron chi connectivity index (χ4n) is 7.48. The zero-order valence-corrected chi connectivity index (χ0v) is 23.7. The van der Waals surface area contributed by atoms with Crippen LogP contribution in [-0.4, -0.2) is 13.4 Å². The number of para-hydroxylation sites is 1. The zero-order chi connectivity index (χ0) is 30.0. The van der Waals surface area contributed by atoms with E-state index >= 15 is 0 Å². The molecule has 10 rings (SSSR count). The average Bonchev–Trinajstić information content (AvgIpc) is 3.59. The van der Waals surface area contributed by atoms with Crippen LogP contribution in [0, 0.1) is 0 Å². The van der Waals surface area contributed by atoms with Gasteiger partial charge in [0, 0.05) is 32.3 Å². The van der Waals surface area contributed by atoms with Gasteiger partial charge in [-0.3, -0.25) is 9.59 Å². The Labute approximate surface area is 253 Å². The zero-order valence-electron chi connectivity index (χ0n) is 23.7. The number of nitrogens with zero attached hydrogens (tertiary/aromatic N) is 3. The molecular weight excluding hydrogens is 558 g/mol. The van der Waals surface area contributed by atoms with Crippen molar-refractivity contribution in [2.45, 2.75) is 0 Å². The molecule has 0 saturated carbocycles. The van der Waals surface area contributed by atoms with Gasteiger partial charge in [0.2, 0.25) is 0 Å². The van der Waals surface area contributed by atoms with E-state index in [0.29, 0.717) is 21.8 Å². The van der Waals surface area contributed by atoms with Crippen molar-refractivity contribution in [2.75, 3.05) is 0 Å². The number of pyridine rings is 2. The summed E-state index contributed by atoms with van der Waals surface area (Å²) in [5.74, 6) is 0. The van der Waals surface area contributed by atoms with Crippen molar-refractivity contribution in [3.8, 4) is 16.8 Å². The molecule has 0 aliphatic carbocycles. The predicted molar refractivity (Wildman–Crippen MR) is 182 cm³/mol. The highest BCUT2D eigenvalue weighted by Crippen LogP contribution is 2.41. The van der Waals surface area contributed by atoms with Crippen molar-refractivity contribution in [1.82, 2.24) is 13.4 Å². The Kier molecular flexibility index (Phi) is 4.53. The van der Waals surface area contributed by atoms with E-state index in [9.17, 15) is 14.4 Å². The summed E-state index contributed by atoms with van der Waals surface area (Å²) in [6.45, 7) is 0. The van der Waals surface area contributed by atoms with Crippen molar-refractivity contribution in [2.24, 2.45) is 0 Å². The largest absolute Gasteiger partial charge is 0.343 e. The molecule has 0 atom stereocenters. The number of fused-ring (bicyclic) bond motifs is 7. The molecule has 6 heteroatoms. The Balaban J connectivity index is 1.49. The van der Waals surface area contributed by atoms with Gasteiger partial charge in [0.15, 0.2) is 0 Å². The molecule has 0 saturated heterocycles. The first kappa shape index (κ1) is 24.2. The van der Waals surface area contributed by atoms with Gasteiger partial charge in [-0.25, -0.2) is 13.6 Å². The first-order valence-corrected chi connectivity index (χ1v) is 14.8. The molecule has 6 nitrogen and oxygen atoms in total. The summed E-state index contributed by atoms with van der Waals surface area (Å²) in [6.07, 6.45) is 0. The molecule has 45 heavy (non-hydrogen) atoms. The lowest BCUT2D eigenvalue weighted by Crippen LogP contribution is -2.30. The van der Waals surface area contributed by atoms with Crippen molar-refractivity contribution in [3.05, 3.63) is 159 Å². The Morgan fingerprint density at radius 3 is 1.73 bits per heavy atom. The highest BCUT2D eigenvalue weighted by molar-refractivity contribution is 6.24. The Hall–Kier alpha value is -6.27. The Morgan fingerprint density at radius 2 is 0.978 bits per heavy atom.